The van der Waals surface area contributed by atoms with Crippen LogP contribution in [0.25, 0.3) is 12.2 Å². The average molecular weight is 457 g/mol. The number of carbonyl (C=O) groups excluding carboxylic acids is 2. The van der Waals surface area contributed by atoms with E-state index < -0.39 is 0 Å². The average Bonchev–Trinajstić information content (AvgIpc) is 2.89. The van der Waals surface area contributed by atoms with Gasteiger partial charge in [-0.05, 0) is 58.7 Å². The molecule has 6 nitrogen and oxygen atoms in total. The molecule has 0 saturated heterocycles. The number of hydrogen-bond acceptors (Lipinski definition) is 4. The fraction of sp³-hybridized carbons (Fsp3) is 0.143. The fourth-order valence-electron chi connectivity index (χ4n) is 3.12. The van der Waals surface area contributed by atoms with Crippen molar-refractivity contribution in [3.63, 3.8) is 0 Å². The summed E-state index contributed by atoms with van der Waals surface area (Å²) in [6.45, 7) is 0.788. The zero-order chi connectivity index (χ0) is 24.2. The van der Waals surface area contributed by atoms with Gasteiger partial charge < -0.3 is 20.1 Å². The quantitative estimate of drug-likeness (QED) is 0.445. The fourth-order valence-corrected chi connectivity index (χ4v) is 3.12. The smallest absolute Gasteiger partial charge is 0.244 e. The molecule has 34 heavy (non-hydrogen) atoms. The second-order valence-corrected chi connectivity index (χ2v) is 7.47. The number of rotatable bonds is 10. The molecule has 0 aliphatic rings. The van der Waals surface area contributed by atoms with Gasteiger partial charge in [0.05, 0.1) is 14.2 Å². The van der Waals surface area contributed by atoms with Crippen LogP contribution in [-0.2, 0) is 22.7 Å². The Kier molecular flexibility index (Phi) is 9.05. The molecule has 3 rings (SSSR count). The molecule has 0 fully saturated rings. The first-order valence-corrected chi connectivity index (χ1v) is 10.8. The zero-order valence-corrected chi connectivity index (χ0v) is 19.3. The lowest BCUT2D eigenvalue weighted by molar-refractivity contribution is -0.117. The van der Waals surface area contributed by atoms with Crippen molar-refractivity contribution in [1.29, 1.82) is 0 Å². The van der Waals surface area contributed by atoms with Crippen LogP contribution in [0.4, 0.5) is 0 Å². The molecule has 0 saturated carbocycles. The summed E-state index contributed by atoms with van der Waals surface area (Å²) in [7, 11) is 3.23. The molecular formula is C28H28N2O4. The monoisotopic (exact) mass is 456 g/mol. The highest BCUT2D eigenvalue weighted by molar-refractivity contribution is 5.92. The third kappa shape index (κ3) is 7.98. The Bertz CT molecular complexity index is 1060. The molecule has 0 aromatic heterocycles. The number of amides is 2. The minimum absolute atomic E-state index is 0.182. The van der Waals surface area contributed by atoms with Crippen LogP contribution in [-0.4, -0.2) is 26.0 Å². The van der Waals surface area contributed by atoms with Crippen molar-refractivity contribution in [1.82, 2.24) is 10.6 Å². The Morgan fingerprint density at radius 1 is 0.676 bits per heavy atom. The standard InChI is InChI=1S/C28H28N2O4/c1-33-25-12-6-21(7-13-25)10-16-27(31)29-19-23-4-3-5-24(18-23)20-30-28(32)17-11-22-8-14-26(34-2)15-9-22/h3-18H,19-20H2,1-2H3,(H,29,31)(H,30,32)/b16-10-,17-11-. The van der Waals surface area contributed by atoms with Crippen LogP contribution in [0.1, 0.15) is 22.3 Å². The summed E-state index contributed by atoms with van der Waals surface area (Å²) in [5.74, 6) is 1.17. The van der Waals surface area contributed by atoms with E-state index in [1.54, 1.807) is 26.4 Å². The van der Waals surface area contributed by atoms with Crippen molar-refractivity contribution in [2.75, 3.05) is 14.2 Å². The van der Waals surface area contributed by atoms with E-state index >= 15 is 0 Å². The van der Waals surface area contributed by atoms with Crippen molar-refractivity contribution in [3.05, 3.63) is 107 Å². The lowest BCUT2D eigenvalue weighted by Gasteiger charge is -2.07. The van der Waals surface area contributed by atoms with Crippen molar-refractivity contribution >= 4 is 24.0 Å². The lowest BCUT2D eigenvalue weighted by atomic mass is 10.1. The maximum atomic E-state index is 12.1. The maximum absolute atomic E-state index is 12.1. The zero-order valence-electron chi connectivity index (χ0n) is 19.3. The van der Waals surface area contributed by atoms with Gasteiger partial charge in [-0.25, -0.2) is 0 Å². The van der Waals surface area contributed by atoms with E-state index in [4.69, 9.17) is 9.47 Å². The minimum Gasteiger partial charge on any atom is -0.497 e. The van der Waals surface area contributed by atoms with Gasteiger partial charge in [-0.2, -0.15) is 0 Å². The van der Waals surface area contributed by atoms with E-state index in [2.05, 4.69) is 10.6 Å². The molecular weight excluding hydrogens is 428 g/mol. The van der Waals surface area contributed by atoms with Crippen LogP contribution in [0.15, 0.2) is 84.9 Å². The number of hydrogen-bond donors (Lipinski definition) is 2. The molecule has 2 amide bonds. The van der Waals surface area contributed by atoms with Gasteiger partial charge in [-0.3, -0.25) is 9.59 Å². The summed E-state index contributed by atoms with van der Waals surface area (Å²) in [6.07, 6.45) is 6.50. The predicted octanol–water partition coefficient (Wildman–Crippen LogP) is 4.36. The Morgan fingerprint density at radius 2 is 1.09 bits per heavy atom. The van der Waals surface area contributed by atoms with Gasteiger partial charge in [-0.15, -0.1) is 0 Å². The van der Waals surface area contributed by atoms with E-state index in [0.29, 0.717) is 13.1 Å². The van der Waals surface area contributed by atoms with E-state index in [0.717, 1.165) is 33.8 Å². The summed E-state index contributed by atoms with van der Waals surface area (Å²) in [5, 5.41) is 5.75. The lowest BCUT2D eigenvalue weighted by Crippen LogP contribution is -2.21. The molecule has 0 heterocycles. The van der Waals surface area contributed by atoms with Gasteiger partial charge in [0.2, 0.25) is 11.8 Å². The van der Waals surface area contributed by atoms with Gasteiger partial charge >= 0.3 is 0 Å². The predicted molar refractivity (Wildman–Crippen MR) is 134 cm³/mol. The van der Waals surface area contributed by atoms with Crippen LogP contribution in [0, 0.1) is 0 Å². The van der Waals surface area contributed by atoms with Crippen LogP contribution in [0.5, 0.6) is 11.5 Å². The first-order valence-electron chi connectivity index (χ1n) is 10.8. The third-order valence-corrected chi connectivity index (χ3v) is 5.01. The molecule has 0 spiro atoms. The van der Waals surface area contributed by atoms with Gasteiger partial charge in [0.1, 0.15) is 11.5 Å². The first kappa shape index (κ1) is 24.3. The molecule has 6 heteroatoms. The summed E-state index contributed by atoms with van der Waals surface area (Å²) in [5.41, 5.74) is 3.72. The van der Waals surface area contributed by atoms with Gasteiger partial charge in [0.25, 0.3) is 0 Å². The highest BCUT2D eigenvalue weighted by atomic mass is 16.5. The minimum atomic E-state index is -0.182. The highest BCUT2D eigenvalue weighted by Crippen LogP contribution is 2.13. The van der Waals surface area contributed by atoms with Crippen molar-refractivity contribution in [2.24, 2.45) is 0 Å². The molecule has 0 radical (unpaired) electrons. The summed E-state index contributed by atoms with van der Waals surface area (Å²) < 4.78 is 10.3. The topological polar surface area (TPSA) is 76.7 Å². The summed E-state index contributed by atoms with van der Waals surface area (Å²) in [4.78, 5) is 24.3. The molecule has 0 aliphatic heterocycles. The molecule has 2 N–H and O–H groups in total. The number of carbonyl (C=O) groups is 2. The van der Waals surface area contributed by atoms with E-state index in [1.807, 2.05) is 72.8 Å². The van der Waals surface area contributed by atoms with Gasteiger partial charge in [0, 0.05) is 25.2 Å². The normalized spacial score (nSPS) is 10.9. The largest absolute Gasteiger partial charge is 0.497 e. The SMILES string of the molecule is COc1ccc(/C=C\C(=O)NCc2cccc(CNC(=O)/C=C\c3ccc(OC)cc3)c2)cc1. The van der Waals surface area contributed by atoms with Crippen molar-refractivity contribution in [2.45, 2.75) is 13.1 Å². The van der Waals surface area contributed by atoms with E-state index in [9.17, 15) is 9.59 Å². The Balaban J connectivity index is 1.45. The second kappa shape index (κ2) is 12.6. The van der Waals surface area contributed by atoms with Crippen molar-refractivity contribution < 1.29 is 19.1 Å². The van der Waals surface area contributed by atoms with Gasteiger partial charge in [-0.1, -0.05) is 48.5 Å². The number of nitrogens with one attached hydrogen (secondary N) is 2. The number of benzene rings is 3. The molecule has 0 unspecified atom stereocenters. The highest BCUT2D eigenvalue weighted by Gasteiger charge is 2.01. The Hall–Kier alpha value is -4.32. The Morgan fingerprint density at radius 3 is 1.47 bits per heavy atom. The van der Waals surface area contributed by atoms with Crippen LogP contribution >= 0.6 is 0 Å². The molecule has 0 aliphatic carbocycles. The molecule has 0 bridgehead atoms. The van der Waals surface area contributed by atoms with E-state index in [1.165, 1.54) is 12.2 Å². The number of methoxy groups -OCH3 is 2. The van der Waals surface area contributed by atoms with E-state index in [-0.39, 0.29) is 11.8 Å². The van der Waals surface area contributed by atoms with Crippen LogP contribution in [0.2, 0.25) is 0 Å². The maximum Gasteiger partial charge on any atom is 0.244 e. The van der Waals surface area contributed by atoms with Crippen LogP contribution in [0.3, 0.4) is 0 Å². The number of ether oxygens (including phenoxy) is 2. The summed E-state index contributed by atoms with van der Waals surface area (Å²) >= 11 is 0. The first-order chi connectivity index (χ1) is 16.6. The Labute approximate surface area is 199 Å². The molecule has 174 valence electrons. The molecule has 0 atom stereocenters. The molecule has 3 aromatic rings. The third-order valence-electron chi connectivity index (χ3n) is 5.01. The van der Waals surface area contributed by atoms with Gasteiger partial charge in [0.15, 0.2) is 0 Å². The second-order valence-electron chi connectivity index (χ2n) is 7.47. The summed E-state index contributed by atoms with van der Waals surface area (Å²) in [6, 6.07) is 22.6. The van der Waals surface area contributed by atoms with Crippen LogP contribution < -0.4 is 20.1 Å². The molecule has 3 aromatic carbocycles. The van der Waals surface area contributed by atoms with Crippen molar-refractivity contribution in [3.8, 4) is 11.5 Å².